The number of carbonyl (C=O) groups excluding carboxylic acids is 1. The summed E-state index contributed by atoms with van der Waals surface area (Å²) in [6, 6.07) is 15.3. The standard InChI is InChI=1S/C26H32FN5O3/c1-18(2)15-31(20-12-19(16-33)13-28-14-20)26(34)25-24(17-35-21-8-4-3-5-9-21)32(30-29-25)23-11-7-6-10-22(23)27/h3-11,18-20,28,33H,12-17H2,1-2H3/t19-,20+/m1/s1. The van der Waals surface area contributed by atoms with Crippen molar-refractivity contribution in [2.24, 2.45) is 11.8 Å². The Labute approximate surface area is 204 Å². The van der Waals surface area contributed by atoms with Crippen LogP contribution in [0.4, 0.5) is 4.39 Å². The summed E-state index contributed by atoms with van der Waals surface area (Å²) in [7, 11) is 0. The Bertz CT molecular complexity index is 1120. The highest BCUT2D eigenvalue weighted by molar-refractivity contribution is 5.93. The Morgan fingerprint density at radius 3 is 2.66 bits per heavy atom. The highest BCUT2D eigenvalue weighted by Gasteiger charge is 2.34. The number of rotatable bonds is 9. The van der Waals surface area contributed by atoms with Gasteiger partial charge in [-0.25, -0.2) is 9.07 Å². The fourth-order valence-corrected chi connectivity index (χ4v) is 4.39. The van der Waals surface area contributed by atoms with Crippen LogP contribution in [-0.4, -0.2) is 63.2 Å². The van der Waals surface area contributed by atoms with E-state index in [1.54, 1.807) is 23.1 Å². The van der Waals surface area contributed by atoms with Gasteiger partial charge in [0.15, 0.2) is 5.69 Å². The summed E-state index contributed by atoms with van der Waals surface area (Å²) < 4.78 is 22.0. The second-order valence-electron chi connectivity index (χ2n) is 9.30. The zero-order valence-corrected chi connectivity index (χ0v) is 20.1. The third-order valence-corrected chi connectivity index (χ3v) is 6.11. The molecule has 0 aliphatic carbocycles. The molecule has 1 saturated heterocycles. The van der Waals surface area contributed by atoms with E-state index in [4.69, 9.17) is 4.74 Å². The minimum atomic E-state index is -0.473. The fraction of sp³-hybridized carbons (Fsp3) is 0.423. The Balaban J connectivity index is 1.70. The van der Waals surface area contributed by atoms with Gasteiger partial charge in [0, 0.05) is 32.3 Å². The Kier molecular flexibility index (Phi) is 8.09. The maximum absolute atomic E-state index is 14.7. The highest BCUT2D eigenvalue weighted by Crippen LogP contribution is 2.23. The first-order valence-corrected chi connectivity index (χ1v) is 12.0. The molecule has 1 amide bonds. The fourth-order valence-electron chi connectivity index (χ4n) is 4.39. The van der Waals surface area contributed by atoms with Crippen molar-refractivity contribution in [2.75, 3.05) is 26.2 Å². The molecule has 9 heteroatoms. The molecular formula is C26H32FN5O3. The minimum Gasteiger partial charge on any atom is -0.487 e. The van der Waals surface area contributed by atoms with Gasteiger partial charge in [0.25, 0.3) is 5.91 Å². The van der Waals surface area contributed by atoms with Gasteiger partial charge in [-0.15, -0.1) is 5.10 Å². The molecule has 0 bridgehead atoms. The number of benzene rings is 2. The van der Waals surface area contributed by atoms with Crippen LogP contribution in [0.25, 0.3) is 5.69 Å². The van der Waals surface area contributed by atoms with E-state index in [0.29, 0.717) is 31.0 Å². The maximum Gasteiger partial charge on any atom is 0.276 e. The van der Waals surface area contributed by atoms with Crippen molar-refractivity contribution in [3.63, 3.8) is 0 Å². The summed E-state index contributed by atoms with van der Waals surface area (Å²) in [4.78, 5) is 15.7. The number of nitrogens with one attached hydrogen (secondary N) is 1. The second-order valence-corrected chi connectivity index (χ2v) is 9.30. The molecule has 0 saturated carbocycles. The third-order valence-electron chi connectivity index (χ3n) is 6.11. The lowest BCUT2D eigenvalue weighted by Gasteiger charge is -2.38. The lowest BCUT2D eigenvalue weighted by atomic mass is 9.94. The monoisotopic (exact) mass is 481 g/mol. The van der Waals surface area contributed by atoms with Crippen molar-refractivity contribution < 1.29 is 19.0 Å². The number of amides is 1. The number of hydrogen-bond donors (Lipinski definition) is 2. The van der Waals surface area contributed by atoms with Crippen LogP contribution in [0.2, 0.25) is 0 Å². The summed E-state index contributed by atoms with van der Waals surface area (Å²) >= 11 is 0. The number of nitrogens with zero attached hydrogens (tertiary/aromatic N) is 4. The van der Waals surface area contributed by atoms with Crippen LogP contribution < -0.4 is 10.1 Å². The first kappa shape index (κ1) is 24.8. The van der Waals surface area contributed by atoms with Crippen LogP contribution in [0.1, 0.15) is 36.5 Å². The van der Waals surface area contributed by atoms with Crippen LogP contribution >= 0.6 is 0 Å². The molecule has 2 N–H and O–H groups in total. The van der Waals surface area contributed by atoms with Crippen LogP contribution in [0.15, 0.2) is 54.6 Å². The number of piperidine rings is 1. The summed E-state index contributed by atoms with van der Waals surface area (Å²) in [5.74, 6) is 0.163. The first-order chi connectivity index (χ1) is 17.0. The summed E-state index contributed by atoms with van der Waals surface area (Å²) in [5.41, 5.74) is 0.706. The van der Waals surface area contributed by atoms with Gasteiger partial charge in [0.2, 0.25) is 0 Å². The van der Waals surface area contributed by atoms with Gasteiger partial charge < -0.3 is 20.1 Å². The molecule has 1 fully saturated rings. The maximum atomic E-state index is 14.7. The molecule has 0 radical (unpaired) electrons. The summed E-state index contributed by atoms with van der Waals surface area (Å²) in [6.07, 6.45) is 0.694. The number of aliphatic hydroxyl groups is 1. The predicted molar refractivity (Wildman–Crippen MR) is 130 cm³/mol. The van der Waals surface area contributed by atoms with Gasteiger partial charge in [0.05, 0.1) is 0 Å². The molecule has 2 heterocycles. The van der Waals surface area contributed by atoms with Crippen molar-refractivity contribution in [2.45, 2.75) is 32.9 Å². The molecule has 35 heavy (non-hydrogen) atoms. The van der Waals surface area contributed by atoms with Crippen LogP contribution in [0.3, 0.4) is 0 Å². The molecule has 2 aromatic carbocycles. The Hall–Kier alpha value is -3.30. The molecule has 2 atom stereocenters. The Morgan fingerprint density at radius 2 is 1.94 bits per heavy atom. The molecule has 1 aliphatic rings. The number of para-hydroxylation sites is 2. The van der Waals surface area contributed by atoms with E-state index in [9.17, 15) is 14.3 Å². The average Bonchev–Trinajstić information content (AvgIpc) is 3.30. The smallest absolute Gasteiger partial charge is 0.276 e. The molecule has 0 spiro atoms. The Morgan fingerprint density at radius 1 is 1.20 bits per heavy atom. The number of aromatic nitrogens is 3. The minimum absolute atomic E-state index is 0.00980. The van der Waals surface area contributed by atoms with E-state index in [0.717, 1.165) is 6.54 Å². The summed E-state index contributed by atoms with van der Waals surface area (Å²) in [6.45, 7) is 6.03. The van der Waals surface area contributed by atoms with Gasteiger partial charge in [-0.05, 0) is 42.5 Å². The zero-order valence-electron chi connectivity index (χ0n) is 20.1. The average molecular weight is 482 g/mol. The van der Waals surface area contributed by atoms with Gasteiger partial charge >= 0.3 is 0 Å². The molecule has 4 rings (SSSR count). The van der Waals surface area contributed by atoms with E-state index in [2.05, 4.69) is 29.5 Å². The lowest BCUT2D eigenvalue weighted by molar-refractivity contribution is 0.0545. The highest BCUT2D eigenvalue weighted by atomic mass is 19.1. The number of hydrogen-bond acceptors (Lipinski definition) is 6. The molecular weight excluding hydrogens is 449 g/mol. The topological polar surface area (TPSA) is 92.5 Å². The molecule has 1 aromatic heterocycles. The van der Waals surface area contributed by atoms with Crippen molar-refractivity contribution >= 4 is 5.91 Å². The van der Waals surface area contributed by atoms with Crippen molar-refractivity contribution in [3.8, 4) is 11.4 Å². The van der Waals surface area contributed by atoms with Crippen molar-refractivity contribution in [1.82, 2.24) is 25.2 Å². The third kappa shape index (κ3) is 5.86. The second kappa shape index (κ2) is 11.4. The molecule has 186 valence electrons. The first-order valence-electron chi connectivity index (χ1n) is 12.0. The number of carbonyl (C=O) groups is 1. The van der Waals surface area contributed by atoms with Gasteiger partial charge in [-0.3, -0.25) is 4.79 Å². The largest absolute Gasteiger partial charge is 0.487 e. The summed E-state index contributed by atoms with van der Waals surface area (Å²) in [5, 5.41) is 21.4. The zero-order chi connectivity index (χ0) is 24.8. The quantitative estimate of drug-likeness (QED) is 0.488. The van der Waals surface area contributed by atoms with Crippen molar-refractivity contribution in [1.29, 1.82) is 0 Å². The van der Waals surface area contributed by atoms with E-state index < -0.39 is 5.82 Å². The predicted octanol–water partition coefficient (Wildman–Crippen LogP) is 3.05. The molecule has 8 nitrogen and oxygen atoms in total. The number of ether oxygens (including phenoxy) is 1. The molecule has 0 unspecified atom stereocenters. The van der Waals surface area contributed by atoms with Gasteiger partial charge in [-0.2, -0.15) is 0 Å². The number of aliphatic hydroxyl groups excluding tert-OH is 1. The molecule has 1 aliphatic heterocycles. The molecule has 3 aromatic rings. The lowest BCUT2D eigenvalue weighted by Crippen LogP contribution is -2.53. The van der Waals surface area contributed by atoms with E-state index in [1.807, 2.05) is 30.3 Å². The van der Waals surface area contributed by atoms with Crippen LogP contribution in [0.5, 0.6) is 5.75 Å². The van der Waals surface area contributed by atoms with E-state index in [1.165, 1.54) is 10.7 Å². The SMILES string of the molecule is CC(C)CN(C(=O)c1nnn(-c2ccccc2F)c1COc1ccccc1)[C@@H]1CNC[C@H](CO)C1. The van der Waals surface area contributed by atoms with E-state index >= 15 is 0 Å². The normalized spacial score (nSPS) is 18.0. The number of halogens is 1. The van der Waals surface area contributed by atoms with Gasteiger partial charge in [0.1, 0.15) is 29.6 Å². The van der Waals surface area contributed by atoms with Gasteiger partial charge in [-0.1, -0.05) is 49.4 Å². The van der Waals surface area contributed by atoms with Crippen molar-refractivity contribution in [3.05, 3.63) is 71.8 Å². The van der Waals surface area contributed by atoms with Crippen LogP contribution in [0, 0.1) is 17.7 Å². The van der Waals surface area contributed by atoms with E-state index in [-0.39, 0.29) is 48.4 Å². The van der Waals surface area contributed by atoms with Crippen LogP contribution in [-0.2, 0) is 6.61 Å².